The molecule has 3 heterocycles. The number of aromatic nitrogens is 2. The number of carbonyl (C=O) groups excluding carboxylic acids is 2. The lowest BCUT2D eigenvalue weighted by molar-refractivity contribution is -0.110. The van der Waals surface area contributed by atoms with E-state index in [-0.39, 0.29) is 17.4 Å². The Kier molecular flexibility index (Phi) is 5.53. The lowest BCUT2D eigenvalue weighted by Gasteiger charge is -2.08. The summed E-state index contributed by atoms with van der Waals surface area (Å²) < 4.78 is 19.2. The van der Waals surface area contributed by atoms with Crippen molar-refractivity contribution in [1.82, 2.24) is 15.3 Å². The smallest absolute Gasteiger partial charge is 0.257 e. The molecule has 8 heteroatoms. The summed E-state index contributed by atoms with van der Waals surface area (Å²) in [5, 5.41) is 5.46. The van der Waals surface area contributed by atoms with Gasteiger partial charge in [-0.3, -0.25) is 9.59 Å². The van der Waals surface area contributed by atoms with E-state index >= 15 is 0 Å². The van der Waals surface area contributed by atoms with Crippen LogP contribution in [0.1, 0.15) is 32.9 Å². The second-order valence-electron chi connectivity index (χ2n) is 7.14. The average Bonchev–Trinajstić information content (AvgIpc) is 3.21. The van der Waals surface area contributed by atoms with Crippen LogP contribution in [0.25, 0.3) is 11.6 Å². The topological polar surface area (TPSA) is 96.1 Å². The highest BCUT2D eigenvalue weighted by molar-refractivity contribution is 6.34. The molecule has 0 spiro atoms. The van der Waals surface area contributed by atoms with Crippen LogP contribution in [0.3, 0.4) is 0 Å². The monoisotopic (exact) mass is 420 g/mol. The van der Waals surface area contributed by atoms with Gasteiger partial charge in [0, 0.05) is 17.0 Å². The third-order valence-corrected chi connectivity index (χ3v) is 5.01. The predicted molar refractivity (Wildman–Crippen MR) is 115 cm³/mol. The van der Waals surface area contributed by atoms with E-state index < -0.39 is 5.82 Å². The molecule has 1 aliphatic rings. The summed E-state index contributed by atoms with van der Waals surface area (Å²) in [5.74, 6) is -0.0886. The Labute approximate surface area is 178 Å². The lowest BCUT2D eigenvalue weighted by atomic mass is 10.0. The molecule has 0 saturated heterocycles. The SMILES string of the molecule is Cc1[nH]c(/C=C2\C(=O)Nc3ncc(F)cc32)c(C)c1C(=O)NCCOc1ccccc1. The number of hydrogen-bond acceptors (Lipinski definition) is 4. The van der Waals surface area contributed by atoms with E-state index in [1.807, 2.05) is 30.3 Å². The van der Waals surface area contributed by atoms with Crippen LogP contribution in [0.4, 0.5) is 10.2 Å². The van der Waals surface area contributed by atoms with Crippen molar-refractivity contribution in [2.45, 2.75) is 13.8 Å². The molecule has 0 aliphatic carbocycles. The maximum absolute atomic E-state index is 13.6. The molecule has 1 aliphatic heterocycles. The number of carbonyl (C=O) groups is 2. The van der Waals surface area contributed by atoms with Gasteiger partial charge in [-0.25, -0.2) is 9.37 Å². The highest BCUT2D eigenvalue weighted by Gasteiger charge is 2.27. The van der Waals surface area contributed by atoms with Crippen LogP contribution < -0.4 is 15.4 Å². The van der Waals surface area contributed by atoms with Crippen LogP contribution >= 0.6 is 0 Å². The van der Waals surface area contributed by atoms with Crippen LogP contribution in [-0.2, 0) is 4.79 Å². The van der Waals surface area contributed by atoms with Gasteiger partial charge in [0.25, 0.3) is 11.8 Å². The van der Waals surface area contributed by atoms with Crippen molar-refractivity contribution in [3.63, 3.8) is 0 Å². The molecule has 0 saturated carbocycles. The Hall–Kier alpha value is -3.94. The molecule has 0 bridgehead atoms. The van der Waals surface area contributed by atoms with E-state index in [2.05, 4.69) is 20.6 Å². The van der Waals surface area contributed by atoms with Gasteiger partial charge in [-0.2, -0.15) is 0 Å². The fourth-order valence-electron chi connectivity index (χ4n) is 3.53. The number of aryl methyl sites for hydroxylation is 1. The summed E-state index contributed by atoms with van der Waals surface area (Å²) in [6.07, 6.45) is 2.66. The first-order valence-electron chi connectivity index (χ1n) is 9.78. The van der Waals surface area contributed by atoms with Crippen molar-refractivity contribution in [2.75, 3.05) is 18.5 Å². The first-order chi connectivity index (χ1) is 14.9. The average molecular weight is 420 g/mol. The summed E-state index contributed by atoms with van der Waals surface area (Å²) in [5.41, 5.74) is 3.14. The fourth-order valence-corrected chi connectivity index (χ4v) is 3.53. The molecule has 0 atom stereocenters. The number of aromatic amines is 1. The van der Waals surface area contributed by atoms with Gasteiger partial charge in [-0.15, -0.1) is 0 Å². The number of halogens is 1. The highest BCUT2D eigenvalue weighted by Crippen LogP contribution is 2.32. The zero-order valence-electron chi connectivity index (χ0n) is 17.1. The predicted octanol–water partition coefficient (Wildman–Crippen LogP) is 3.47. The van der Waals surface area contributed by atoms with Crippen molar-refractivity contribution in [3.8, 4) is 5.75 Å². The van der Waals surface area contributed by atoms with Crippen molar-refractivity contribution in [2.24, 2.45) is 0 Å². The quantitative estimate of drug-likeness (QED) is 0.420. The van der Waals surface area contributed by atoms with Crippen LogP contribution in [-0.4, -0.2) is 34.9 Å². The third kappa shape index (κ3) is 4.18. The van der Waals surface area contributed by atoms with Gasteiger partial charge in [-0.1, -0.05) is 18.2 Å². The molecule has 0 fully saturated rings. The summed E-state index contributed by atoms with van der Waals surface area (Å²) in [4.78, 5) is 32.1. The summed E-state index contributed by atoms with van der Waals surface area (Å²) in [6.45, 7) is 4.26. The van der Waals surface area contributed by atoms with Crippen LogP contribution in [0.5, 0.6) is 5.75 Å². The molecule has 3 N–H and O–H groups in total. The van der Waals surface area contributed by atoms with E-state index in [0.717, 1.165) is 11.9 Å². The molecule has 1 aromatic carbocycles. The largest absolute Gasteiger partial charge is 0.492 e. The fraction of sp³-hybridized carbons (Fsp3) is 0.174. The minimum atomic E-state index is -0.529. The van der Waals surface area contributed by atoms with Crippen LogP contribution in [0, 0.1) is 19.7 Å². The molecule has 4 rings (SSSR count). The van der Waals surface area contributed by atoms with E-state index in [1.165, 1.54) is 6.07 Å². The van der Waals surface area contributed by atoms with Crippen molar-refractivity contribution >= 4 is 29.3 Å². The van der Waals surface area contributed by atoms with E-state index in [4.69, 9.17) is 4.74 Å². The minimum absolute atomic E-state index is 0.239. The number of rotatable bonds is 6. The number of nitrogens with one attached hydrogen (secondary N) is 3. The number of benzene rings is 1. The summed E-state index contributed by atoms with van der Waals surface area (Å²) >= 11 is 0. The molecule has 0 unspecified atom stereocenters. The number of fused-ring (bicyclic) bond motifs is 1. The standard InChI is InChI=1S/C23H21FN4O3/c1-13-19(11-18-17-10-15(24)12-26-21(17)28-22(18)29)27-14(2)20(13)23(30)25-8-9-31-16-6-4-3-5-7-16/h3-7,10-12,27H,8-9H2,1-2H3,(H,25,30)(H,26,28,29)/b18-11-. The van der Waals surface area contributed by atoms with Gasteiger partial charge in [0.1, 0.15) is 24.0 Å². The van der Waals surface area contributed by atoms with Gasteiger partial charge in [-0.05, 0) is 43.7 Å². The van der Waals surface area contributed by atoms with Crippen LogP contribution in [0.2, 0.25) is 0 Å². The van der Waals surface area contributed by atoms with Gasteiger partial charge < -0.3 is 20.4 Å². The molecule has 0 radical (unpaired) electrons. The number of amides is 2. The summed E-state index contributed by atoms with van der Waals surface area (Å²) in [6, 6.07) is 10.6. The van der Waals surface area contributed by atoms with Crippen molar-refractivity contribution < 1.29 is 18.7 Å². The molecule has 158 valence electrons. The lowest BCUT2D eigenvalue weighted by Crippen LogP contribution is -2.28. The normalized spacial score (nSPS) is 13.8. The number of para-hydroxylation sites is 1. The second kappa shape index (κ2) is 8.43. The van der Waals surface area contributed by atoms with Crippen LogP contribution in [0.15, 0.2) is 42.6 Å². The Bertz CT molecular complexity index is 1190. The molecule has 2 amide bonds. The number of hydrogen-bond donors (Lipinski definition) is 3. The minimum Gasteiger partial charge on any atom is -0.492 e. The van der Waals surface area contributed by atoms with E-state index in [0.29, 0.717) is 47.0 Å². The zero-order chi connectivity index (χ0) is 22.0. The Morgan fingerprint density at radius 2 is 2.03 bits per heavy atom. The molecule has 31 heavy (non-hydrogen) atoms. The van der Waals surface area contributed by atoms with Gasteiger partial charge in [0.15, 0.2) is 0 Å². The zero-order valence-corrected chi connectivity index (χ0v) is 17.1. The molecule has 3 aromatic rings. The number of ether oxygens (including phenoxy) is 1. The number of pyridine rings is 1. The van der Waals surface area contributed by atoms with Crippen molar-refractivity contribution in [1.29, 1.82) is 0 Å². The molecular weight excluding hydrogens is 399 g/mol. The number of anilines is 1. The Balaban J connectivity index is 1.49. The van der Waals surface area contributed by atoms with Gasteiger partial charge in [0.2, 0.25) is 0 Å². The summed E-state index contributed by atoms with van der Waals surface area (Å²) in [7, 11) is 0. The van der Waals surface area contributed by atoms with E-state index in [9.17, 15) is 14.0 Å². The first-order valence-corrected chi connectivity index (χ1v) is 9.78. The Morgan fingerprint density at radius 3 is 2.81 bits per heavy atom. The Morgan fingerprint density at radius 1 is 1.26 bits per heavy atom. The first kappa shape index (κ1) is 20.3. The second-order valence-corrected chi connectivity index (χ2v) is 7.14. The maximum Gasteiger partial charge on any atom is 0.257 e. The molecular formula is C23H21FN4O3. The van der Waals surface area contributed by atoms with E-state index in [1.54, 1.807) is 19.9 Å². The maximum atomic E-state index is 13.6. The van der Waals surface area contributed by atoms with Gasteiger partial charge in [0.05, 0.1) is 23.9 Å². The van der Waals surface area contributed by atoms with Crippen molar-refractivity contribution in [3.05, 3.63) is 76.5 Å². The number of H-pyrrole nitrogens is 1. The highest BCUT2D eigenvalue weighted by atomic mass is 19.1. The number of nitrogens with zero attached hydrogens (tertiary/aromatic N) is 1. The molecule has 7 nitrogen and oxygen atoms in total. The molecule has 2 aromatic heterocycles. The van der Waals surface area contributed by atoms with Gasteiger partial charge >= 0.3 is 0 Å². The third-order valence-electron chi connectivity index (χ3n) is 5.01.